The van der Waals surface area contributed by atoms with Gasteiger partial charge in [0.2, 0.25) is 0 Å². The van der Waals surface area contributed by atoms with Gasteiger partial charge < -0.3 is 0 Å². The van der Waals surface area contributed by atoms with Crippen molar-refractivity contribution >= 4 is 63.0 Å². The van der Waals surface area contributed by atoms with Crippen molar-refractivity contribution in [3.63, 3.8) is 0 Å². The standard InChI is InChI=1S/C41H46S2/c1-3-5-7-9-11-17-23-41(24-18-12-10-8-6-4-2)35-25-33-29-19-13-15-21-37(29)42-39(33)27-31(35)32-28-40-34(26-36(32)41)30-20-14-16-22-38(30)43-40/h13-16,19-22,25-28H,3-12,17-18,23-24H2,1-2H3. The lowest BCUT2D eigenvalue weighted by atomic mass is 9.70. The highest BCUT2D eigenvalue weighted by molar-refractivity contribution is 7.26. The number of benzene rings is 4. The van der Waals surface area contributed by atoms with Gasteiger partial charge in [-0.25, -0.2) is 0 Å². The predicted octanol–water partition coefficient (Wildman–Crippen LogP) is 14.2. The Morgan fingerprint density at radius 3 is 1.33 bits per heavy atom. The maximum Gasteiger partial charge on any atom is 0.0361 e. The minimum Gasteiger partial charge on any atom is -0.135 e. The van der Waals surface area contributed by atoms with E-state index in [-0.39, 0.29) is 5.41 Å². The van der Waals surface area contributed by atoms with Crippen LogP contribution in [0.2, 0.25) is 0 Å². The summed E-state index contributed by atoms with van der Waals surface area (Å²) in [5, 5.41) is 5.80. The molecule has 0 aliphatic heterocycles. The molecule has 0 radical (unpaired) electrons. The average Bonchev–Trinajstić information content (AvgIpc) is 3.66. The van der Waals surface area contributed by atoms with Gasteiger partial charge in [-0.15, -0.1) is 22.7 Å². The number of thiophene rings is 2. The highest BCUT2D eigenvalue weighted by Gasteiger charge is 2.43. The van der Waals surface area contributed by atoms with Gasteiger partial charge in [0.05, 0.1) is 0 Å². The Hall–Kier alpha value is -2.68. The first-order valence-corrected chi connectivity index (χ1v) is 18.8. The van der Waals surface area contributed by atoms with E-state index >= 15 is 0 Å². The zero-order chi connectivity index (χ0) is 29.2. The highest BCUT2D eigenvalue weighted by Crippen LogP contribution is 2.57. The van der Waals surface area contributed by atoms with E-state index in [1.807, 2.05) is 22.7 Å². The van der Waals surface area contributed by atoms with Crippen LogP contribution in [0.3, 0.4) is 0 Å². The van der Waals surface area contributed by atoms with Gasteiger partial charge in [-0.1, -0.05) is 127 Å². The van der Waals surface area contributed by atoms with E-state index in [9.17, 15) is 0 Å². The Morgan fingerprint density at radius 1 is 0.442 bits per heavy atom. The summed E-state index contributed by atoms with van der Waals surface area (Å²) in [4.78, 5) is 0. The maximum absolute atomic E-state index is 2.66. The number of hydrogen-bond acceptors (Lipinski definition) is 2. The summed E-state index contributed by atoms with van der Waals surface area (Å²) in [6.45, 7) is 4.65. The Labute approximate surface area is 266 Å². The lowest BCUT2D eigenvalue weighted by molar-refractivity contribution is 0.398. The van der Waals surface area contributed by atoms with Gasteiger partial charge in [-0.05, 0) is 71.5 Å². The summed E-state index contributed by atoms with van der Waals surface area (Å²) in [5.41, 5.74) is 6.40. The Morgan fingerprint density at radius 2 is 0.860 bits per heavy atom. The van der Waals surface area contributed by atoms with Crippen LogP contribution in [0, 0.1) is 0 Å². The summed E-state index contributed by atoms with van der Waals surface area (Å²) < 4.78 is 5.71. The van der Waals surface area contributed by atoms with E-state index in [0.29, 0.717) is 0 Å². The van der Waals surface area contributed by atoms with Gasteiger partial charge in [0.1, 0.15) is 0 Å². The van der Waals surface area contributed by atoms with E-state index < -0.39 is 0 Å². The molecular formula is C41H46S2. The van der Waals surface area contributed by atoms with Crippen LogP contribution in [-0.2, 0) is 5.41 Å². The Bertz CT molecular complexity index is 1730. The van der Waals surface area contributed by atoms with Crippen LogP contribution < -0.4 is 0 Å². The van der Waals surface area contributed by atoms with Crippen LogP contribution in [0.25, 0.3) is 51.5 Å². The Balaban J connectivity index is 1.38. The fourth-order valence-corrected chi connectivity index (χ4v) is 10.3. The van der Waals surface area contributed by atoms with E-state index in [1.165, 1.54) is 141 Å². The molecule has 1 aliphatic rings. The van der Waals surface area contributed by atoms with Gasteiger partial charge in [-0.3, -0.25) is 0 Å². The molecular weight excluding hydrogens is 557 g/mol. The molecule has 1 aliphatic carbocycles. The molecule has 2 heterocycles. The molecule has 0 N–H and O–H groups in total. The maximum atomic E-state index is 2.66. The minimum absolute atomic E-state index is 0.106. The molecule has 0 fully saturated rings. The second-order valence-electron chi connectivity index (χ2n) is 13.1. The van der Waals surface area contributed by atoms with E-state index in [1.54, 1.807) is 11.1 Å². The molecule has 2 aromatic heterocycles. The van der Waals surface area contributed by atoms with Crippen LogP contribution in [-0.4, -0.2) is 0 Å². The molecule has 2 heteroatoms. The highest BCUT2D eigenvalue weighted by atomic mass is 32.1. The number of fused-ring (bicyclic) bond motifs is 9. The van der Waals surface area contributed by atoms with Crippen LogP contribution in [0.5, 0.6) is 0 Å². The van der Waals surface area contributed by atoms with Gasteiger partial charge in [-0.2, -0.15) is 0 Å². The summed E-state index contributed by atoms with van der Waals surface area (Å²) in [5.74, 6) is 0. The lowest BCUT2D eigenvalue weighted by Gasteiger charge is -2.33. The molecule has 6 aromatic rings. The van der Waals surface area contributed by atoms with E-state index in [0.717, 1.165) is 0 Å². The van der Waals surface area contributed by atoms with Gasteiger partial charge in [0.25, 0.3) is 0 Å². The monoisotopic (exact) mass is 602 g/mol. The molecule has 0 spiro atoms. The molecule has 0 unspecified atom stereocenters. The van der Waals surface area contributed by atoms with E-state index in [4.69, 9.17) is 0 Å². The smallest absolute Gasteiger partial charge is 0.0361 e. The fourth-order valence-electron chi connectivity index (χ4n) is 8.00. The first kappa shape index (κ1) is 29.1. The van der Waals surface area contributed by atoms with Crippen molar-refractivity contribution in [1.29, 1.82) is 0 Å². The zero-order valence-corrected chi connectivity index (χ0v) is 27.8. The summed E-state index contributed by atoms with van der Waals surface area (Å²) in [6, 6.07) is 28.6. The van der Waals surface area contributed by atoms with Crippen LogP contribution in [0.15, 0.2) is 72.8 Å². The van der Waals surface area contributed by atoms with Crippen molar-refractivity contribution in [3.05, 3.63) is 83.9 Å². The fraction of sp³-hybridized carbons (Fsp3) is 0.415. The molecule has 0 bridgehead atoms. The van der Waals surface area contributed by atoms with Crippen molar-refractivity contribution < 1.29 is 0 Å². The minimum atomic E-state index is 0.106. The second-order valence-corrected chi connectivity index (χ2v) is 15.3. The van der Waals surface area contributed by atoms with Crippen molar-refractivity contribution in [2.45, 2.75) is 109 Å². The number of hydrogen-bond donors (Lipinski definition) is 0. The van der Waals surface area contributed by atoms with Crippen molar-refractivity contribution in [2.75, 3.05) is 0 Å². The number of rotatable bonds is 14. The Kier molecular flexibility index (Phi) is 8.61. The number of unbranched alkanes of at least 4 members (excludes halogenated alkanes) is 10. The largest absolute Gasteiger partial charge is 0.135 e. The SMILES string of the molecule is CCCCCCCCC1(CCCCCCCC)c2cc3c(cc2-c2cc4sc5ccccc5c4cc21)sc1ccccc13. The molecule has 4 aromatic carbocycles. The molecule has 0 atom stereocenters. The molecule has 0 saturated carbocycles. The van der Waals surface area contributed by atoms with Gasteiger partial charge >= 0.3 is 0 Å². The molecule has 0 saturated heterocycles. The van der Waals surface area contributed by atoms with Crippen molar-refractivity contribution in [3.8, 4) is 11.1 Å². The molecule has 7 rings (SSSR count). The molecule has 0 nitrogen and oxygen atoms in total. The third-order valence-electron chi connectivity index (χ3n) is 10.3. The third-order valence-corrected chi connectivity index (χ3v) is 12.5. The zero-order valence-electron chi connectivity index (χ0n) is 26.1. The molecule has 0 amide bonds. The normalized spacial score (nSPS) is 13.9. The summed E-state index contributed by atoms with van der Waals surface area (Å²) in [6.07, 6.45) is 18.8. The molecule has 222 valence electrons. The predicted molar refractivity (Wildman–Crippen MR) is 194 cm³/mol. The average molecular weight is 603 g/mol. The third kappa shape index (κ3) is 5.33. The summed E-state index contributed by atoms with van der Waals surface area (Å²) >= 11 is 3.94. The first-order valence-electron chi connectivity index (χ1n) is 17.2. The lowest BCUT2D eigenvalue weighted by Crippen LogP contribution is -2.25. The van der Waals surface area contributed by atoms with Gasteiger partial charge in [0, 0.05) is 45.8 Å². The van der Waals surface area contributed by atoms with Crippen molar-refractivity contribution in [2.24, 2.45) is 0 Å². The summed E-state index contributed by atoms with van der Waals surface area (Å²) in [7, 11) is 0. The van der Waals surface area contributed by atoms with Crippen LogP contribution >= 0.6 is 22.7 Å². The van der Waals surface area contributed by atoms with Crippen LogP contribution in [0.4, 0.5) is 0 Å². The quantitative estimate of drug-likeness (QED) is 0.109. The van der Waals surface area contributed by atoms with Crippen LogP contribution in [0.1, 0.15) is 115 Å². The van der Waals surface area contributed by atoms with Gasteiger partial charge in [0.15, 0.2) is 0 Å². The van der Waals surface area contributed by atoms with Crippen molar-refractivity contribution in [1.82, 2.24) is 0 Å². The van der Waals surface area contributed by atoms with E-state index in [2.05, 4.69) is 86.6 Å². The first-order chi connectivity index (χ1) is 21.2. The second kappa shape index (κ2) is 12.7. The molecule has 43 heavy (non-hydrogen) atoms. The topological polar surface area (TPSA) is 0 Å².